The van der Waals surface area contributed by atoms with Crippen LogP contribution in [0.5, 0.6) is 0 Å². The molecule has 3 rings (SSSR count). The molecule has 0 fully saturated rings. The molecule has 3 aromatic rings. The van der Waals surface area contributed by atoms with Gasteiger partial charge in [-0.15, -0.1) is 0 Å². The lowest BCUT2D eigenvalue weighted by Gasteiger charge is -2.06. The Hall–Kier alpha value is -2.50. The minimum atomic E-state index is -0.581. The van der Waals surface area contributed by atoms with Crippen molar-refractivity contribution in [3.05, 3.63) is 53.2 Å². The lowest BCUT2D eigenvalue weighted by molar-refractivity contribution is 0.577. The van der Waals surface area contributed by atoms with Gasteiger partial charge in [0.1, 0.15) is 17.2 Å². The van der Waals surface area contributed by atoms with Crippen molar-refractivity contribution in [1.29, 1.82) is 0 Å². The smallest absolute Gasteiger partial charge is 0.202 e. The van der Waals surface area contributed by atoms with Crippen LogP contribution in [0, 0.1) is 18.6 Å². The summed E-state index contributed by atoms with van der Waals surface area (Å²) in [6, 6.07) is 5.35. The Bertz CT molecular complexity index is 791. The molecule has 0 spiro atoms. The molecule has 0 bridgehead atoms. The zero-order valence-electron chi connectivity index (χ0n) is 11.5. The number of halogens is 2. The molecule has 4 nitrogen and oxygen atoms in total. The van der Waals surface area contributed by atoms with E-state index in [1.165, 1.54) is 12.1 Å². The van der Waals surface area contributed by atoms with Crippen molar-refractivity contribution in [2.45, 2.75) is 19.9 Å². The van der Waals surface area contributed by atoms with E-state index in [-0.39, 0.29) is 0 Å². The first-order chi connectivity index (χ1) is 10.0. The Morgan fingerprint density at radius 1 is 1.19 bits per heavy atom. The number of aromatic nitrogens is 3. The highest BCUT2D eigenvalue weighted by Crippen LogP contribution is 2.19. The second-order valence-electron chi connectivity index (χ2n) is 4.95. The first kappa shape index (κ1) is 13.5. The summed E-state index contributed by atoms with van der Waals surface area (Å²) < 4.78 is 28.1. The van der Waals surface area contributed by atoms with E-state index in [4.69, 9.17) is 5.73 Å². The van der Waals surface area contributed by atoms with E-state index in [0.717, 1.165) is 17.1 Å². The number of aryl methyl sites for hydroxylation is 3. The van der Waals surface area contributed by atoms with Gasteiger partial charge in [0.05, 0.1) is 0 Å². The molecule has 2 heterocycles. The predicted molar refractivity (Wildman–Crippen MR) is 76.7 cm³/mol. The van der Waals surface area contributed by atoms with Crippen LogP contribution in [-0.2, 0) is 13.0 Å². The van der Waals surface area contributed by atoms with Gasteiger partial charge in [0.25, 0.3) is 0 Å². The number of imidazole rings is 1. The van der Waals surface area contributed by atoms with Crippen LogP contribution in [0.3, 0.4) is 0 Å². The van der Waals surface area contributed by atoms with Crippen molar-refractivity contribution in [1.82, 2.24) is 14.5 Å². The van der Waals surface area contributed by atoms with E-state index < -0.39 is 11.6 Å². The van der Waals surface area contributed by atoms with E-state index in [2.05, 4.69) is 9.97 Å². The second kappa shape index (κ2) is 5.12. The average molecular weight is 288 g/mol. The quantitative estimate of drug-likeness (QED) is 0.806. The molecule has 0 unspecified atom stereocenters. The standard InChI is InChI=1S/C15H14F2N4/c1-9-2-4-19-14-13(9)20-15(18)21(14)5-3-10-6-11(16)8-12(17)7-10/h2,4,6-8H,3,5H2,1H3,(H2,18,20). The molecule has 0 aliphatic carbocycles. The Labute approximate surface area is 120 Å². The third-order valence-electron chi connectivity index (χ3n) is 3.41. The van der Waals surface area contributed by atoms with Crippen LogP contribution < -0.4 is 5.73 Å². The normalized spacial score (nSPS) is 11.2. The third kappa shape index (κ3) is 2.56. The molecule has 0 saturated heterocycles. The predicted octanol–water partition coefficient (Wildman–Crippen LogP) is 2.84. The van der Waals surface area contributed by atoms with Gasteiger partial charge in [-0.3, -0.25) is 4.57 Å². The van der Waals surface area contributed by atoms with Gasteiger partial charge >= 0.3 is 0 Å². The van der Waals surface area contributed by atoms with E-state index >= 15 is 0 Å². The molecular formula is C15H14F2N4. The van der Waals surface area contributed by atoms with Gasteiger partial charge in [0.2, 0.25) is 5.95 Å². The summed E-state index contributed by atoms with van der Waals surface area (Å²) in [5, 5.41) is 0. The van der Waals surface area contributed by atoms with Gasteiger partial charge in [-0.25, -0.2) is 18.7 Å². The summed E-state index contributed by atoms with van der Waals surface area (Å²) in [5.41, 5.74) is 8.90. The molecule has 0 amide bonds. The Kier molecular flexibility index (Phi) is 3.29. The number of nitrogens with two attached hydrogens (primary N) is 1. The summed E-state index contributed by atoms with van der Waals surface area (Å²) in [6.45, 7) is 2.39. The highest BCUT2D eigenvalue weighted by molar-refractivity contribution is 5.77. The number of nitrogen functional groups attached to an aromatic ring is 1. The van der Waals surface area contributed by atoms with Gasteiger partial charge < -0.3 is 5.73 Å². The first-order valence-corrected chi connectivity index (χ1v) is 6.57. The topological polar surface area (TPSA) is 56.7 Å². The molecule has 1 aromatic carbocycles. The van der Waals surface area contributed by atoms with Gasteiger partial charge in [0.15, 0.2) is 5.65 Å². The number of benzene rings is 1. The fraction of sp³-hybridized carbons (Fsp3) is 0.200. The van der Waals surface area contributed by atoms with E-state index in [1.54, 1.807) is 10.8 Å². The summed E-state index contributed by atoms with van der Waals surface area (Å²) in [7, 11) is 0. The minimum Gasteiger partial charge on any atom is -0.369 e. The van der Waals surface area contributed by atoms with Crippen LogP contribution in [0.1, 0.15) is 11.1 Å². The van der Waals surface area contributed by atoms with Gasteiger partial charge in [0, 0.05) is 18.8 Å². The zero-order chi connectivity index (χ0) is 15.0. The molecule has 0 radical (unpaired) electrons. The SMILES string of the molecule is Cc1ccnc2c1nc(N)n2CCc1cc(F)cc(F)c1. The van der Waals surface area contributed by atoms with Gasteiger partial charge in [-0.05, 0) is 42.7 Å². The van der Waals surface area contributed by atoms with Crippen molar-refractivity contribution in [2.24, 2.45) is 0 Å². The van der Waals surface area contributed by atoms with Crippen LogP contribution in [0.15, 0.2) is 30.5 Å². The summed E-state index contributed by atoms with van der Waals surface area (Å²) in [5.74, 6) is -0.812. The number of hydrogen-bond donors (Lipinski definition) is 1. The molecule has 0 aliphatic rings. The molecular weight excluding hydrogens is 274 g/mol. The number of pyridine rings is 1. The molecule has 0 atom stereocenters. The fourth-order valence-corrected chi connectivity index (χ4v) is 2.37. The van der Waals surface area contributed by atoms with Gasteiger partial charge in [-0.2, -0.15) is 0 Å². The highest BCUT2D eigenvalue weighted by atomic mass is 19.1. The molecule has 6 heteroatoms. The maximum atomic E-state index is 13.2. The molecule has 0 aliphatic heterocycles. The van der Waals surface area contributed by atoms with Crippen LogP contribution >= 0.6 is 0 Å². The van der Waals surface area contributed by atoms with Crippen molar-refractivity contribution < 1.29 is 8.78 Å². The number of hydrogen-bond acceptors (Lipinski definition) is 3. The summed E-state index contributed by atoms with van der Waals surface area (Å²) >= 11 is 0. The fourth-order valence-electron chi connectivity index (χ4n) is 2.37. The lowest BCUT2D eigenvalue weighted by Crippen LogP contribution is -2.06. The maximum Gasteiger partial charge on any atom is 0.202 e. The summed E-state index contributed by atoms with van der Waals surface area (Å²) in [4.78, 5) is 8.57. The van der Waals surface area contributed by atoms with E-state index in [9.17, 15) is 8.78 Å². The number of fused-ring (bicyclic) bond motifs is 1. The molecule has 108 valence electrons. The van der Waals surface area contributed by atoms with Crippen molar-refractivity contribution in [3.63, 3.8) is 0 Å². The van der Waals surface area contributed by atoms with Crippen molar-refractivity contribution in [3.8, 4) is 0 Å². The molecule has 2 aromatic heterocycles. The number of anilines is 1. The monoisotopic (exact) mass is 288 g/mol. The highest BCUT2D eigenvalue weighted by Gasteiger charge is 2.11. The average Bonchev–Trinajstić information content (AvgIpc) is 2.73. The zero-order valence-corrected chi connectivity index (χ0v) is 11.5. The second-order valence-corrected chi connectivity index (χ2v) is 4.95. The van der Waals surface area contributed by atoms with Crippen LogP contribution in [0.2, 0.25) is 0 Å². The summed E-state index contributed by atoms with van der Waals surface area (Å²) in [6.07, 6.45) is 2.14. The van der Waals surface area contributed by atoms with Crippen LogP contribution in [0.4, 0.5) is 14.7 Å². The third-order valence-corrected chi connectivity index (χ3v) is 3.41. The van der Waals surface area contributed by atoms with Crippen molar-refractivity contribution in [2.75, 3.05) is 5.73 Å². The van der Waals surface area contributed by atoms with E-state index in [0.29, 0.717) is 30.1 Å². The Balaban J connectivity index is 1.92. The van der Waals surface area contributed by atoms with Crippen molar-refractivity contribution >= 4 is 17.1 Å². The minimum absolute atomic E-state index is 0.351. The van der Waals surface area contributed by atoms with Crippen LogP contribution in [0.25, 0.3) is 11.2 Å². The molecule has 0 saturated carbocycles. The number of rotatable bonds is 3. The Morgan fingerprint density at radius 2 is 1.90 bits per heavy atom. The van der Waals surface area contributed by atoms with Gasteiger partial charge in [-0.1, -0.05) is 0 Å². The lowest BCUT2D eigenvalue weighted by atomic mass is 10.1. The number of nitrogens with zero attached hydrogens (tertiary/aromatic N) is 3. The molecule has 21 heavy (non-hydrogen) atoms. The van der Waals surface area contributed by atoms with Crippen LogP contribution in [-0.4, -0.2) is 14.5 Å². The largest absolute Gasteiger partial charge is 0.369 e. The first-order valence-electron chi connectivity index (χ1n) is 6.57. The van der Waals surface area contributed by atoms with E-state index in [1.807, 2.05) is 13.0 Å². The Morgan fingerprint density at radius 3 is 2.62 bits per heavy atom. The molecule has 2 N–H and O–H groups in total. The maximum absolute atomic E-state index is 13.2.